The summed E-state index contributed by atoms with van der Waals surface area (Å²) in [6, 6.07) is 6.77. The molecule has 8 heteroatoms. The van der Waals surface area contributed by atoms with Crippen molar-refractivity contribution in [3.05, 3.63) is 29.8 Å². The van der Waals surface area contributed by atoms with Gasteiger partial charge in [0.2, 0.25) is 5.91 Å². The minimum absolute atomic E-state index is 0.00465. The lowest BCUT2D eigenvalue weighted by Gasteiger charge is -2.16. The van der Waals surface area contributed by atoms with Crippen LogP contribution >= 0.6 is 0 Å². The van der Waals surface area contributed by atoms with E-state index in [0.717, 1.165) is 12.1 Å². The quantitative estimate of drug-likeness (QED) is 0.494. The minimum atomic E-state index is -3.20. The van der Waals surface area contributed by atoms with Gasteiger partial charge in [-0.3, -0.25) is 4.79 Å². The predicted molar refractivity (Wildman–Crippen MR) is 99.7 cm³/mol. The first-order valence-corrected chi connectivity index (χ1v) is 10.8. The molecule has 1 aromatic rings. The number of aryl methyl sites for hydroxylation is 1. The van der Waals surface area contributed by atoms with Crippen molar-refractivity contribution < 1.29 is 18.0 Å². The Labute approximate surface area is 153 Å². The number of benzene rings is 1. The van der Waals surface area contributed by atoms with Gasteiger partial charge >= 0.3 is 6.03 Å². The van der Waals surface area contributed by atoms with E-state index in [4.69, 9.17) is 0 Å². The fraction of sp³-hybridized carbons (Fsp3) is 0.556. The highest BCUT2D eigenvalue weighted by molar-refractivity contribution is 7.92. The number of sulfone groups is 1. The van der Waals surface area contributed by atoms with Gasteiger partial charge in [-0.15, -0.1) is 0 Å². The largest absolute Gasteiger partial charge is 0.332 e. The molecule has 7 nitrogen and oxygen atoms in total. The lowest BCUT2D eigenvalue weighted by atomic mass is 10.0. The van der Waals surface area contributed by atoms with Gasteiger partial charge < -0.3 is 16.0 Å². The van der Waals surface area contributed by atoms with Crippen LogP contribution in [0, 0.1) is 0 Å². The first kappa shape index (κ1) is 18.7. The zero-order chi connectivity index (χ0) is 18.7. The second kappa shape index (κ2) is 7.65. The van der Waals surface area contributed by atoms with E-state index in [1.807, 2.05) is 24.3 Å². The Morgan fingerprint density at radius 3 is 2.62 bits per heavy atom. The number of amides is 3. The van der Waals surface area contributed by atoms with E-state index in [1.165, 1.54) is 5.56 Å². The molecular formula is C18H25N3O4S. The summed E-state index contributed by atoms with van der Waals surface area (Å²) in [5.41, 5.74) is 1.99. The van der Waals surface area contributed by atoms with Crippen LogP contribution in [0.4, 0.5) is 10.5 Å². The van der Waals surface area contributed by atoms with Crippen molar-refractivity contribution in [2.24, 2.45) is 0 Å². The number of anilines is 1. The van der Waals surface area contributed by atoms with Gasteiger partial charge in [-0.25, -0.2) is 13.2 Å². The molecule has 2 saturated heterocycles. The number of carbonyl (C=O) groups excluding carboxylic acids is 2. The summed E-state index contributed by atoms with van der Waals surface area (Å²) < 4.78 is 24.5. The van der Waals surface area contributed by atoms with Crippen molar-refractivity contribution in [1.29, 1.82) is 0 Å². The topological polar surface area (TPSA) is 104 Å². The molecule has 0 spiro atoms. The molecule has 2 fully saturated rings. The molecule has 3 amide bonds. The van der Waals surface area contributed by atoms with E-state index in [-0.39, 0.29) is 29.8 Å². The fourth-order valence-corrected chi connectivity index (χ4v) is 5.95. The van der Waals surface area contributed by atoms with Gasteiger partial charge in [-0.2, -0.15) is 0 Å². The van der Waals surface area contributed by atoms with Crippen LogP contribution in [0.3, 0.4) is 0 Å². The highest BCUT2D eigenvalue weighted by atomic mass is 32.2. The van der Waals surface area contributed by atoms with Crippen LogP contribution in [0.2, 0.25) is 0 Å². The molecule has 0 bridgehead atoms. The van der Waals surface area contributed by atoms with E-state index in [0.29, 0.717) is 25.7 Å². The third-order valence-electron chi connectivity index (χ3n) is 5.11. The van der Waals surface area contributed by atoms with Crippen LogP contribution in [0.1, 0.15) is 38.2 Å². The van der Waals surface area contributed by atoms with Crippen LogP contribution in [-0.4, -0.2) is 43.4 Å². The van der Waals surface area contributed by atoms with Gasteiger partial charge in [-0.1, -0.05) is 25.5 Å². The molecule has 3 N–H and O–H groups in total. The summed E-state index contributed by atoms with van der Waals surface area (Å²) in [6.45, 7) is 2.08. The molecule has 26 heavy (non-hydrogen) atoms. The van der Waals surface area contributed by atoms with E-state index in [9.17, 15) is 18.0 Å². The molecule has 0 unspecified atom stereocenters. The van der Waals surface area contributed by atoms with Crippen molar-refractivity contribution in [1.82, 2.24) is 10.6 Å². The molecule has 0 radical (unpaired) electrons. The van der Waals surface area contributed by atoms with E-state index in [2.05, 4.69) is 22.9 Å². The van der Waals surface area contributed by atoms with Gasteiger partial charge in [-0.05, 0) is 37.0 Å². The normalized spacial score (nSPS) is 26.0. The van der Waals surface area contributed by atoms with Gasteiger partial charge in [0.25, 0.3) is 0 Å². The molecule has 0 aliphatic carbocycles. The zero-order valence-electron chi connectivity index (χ0n) is 14.8. The molecule has 3 atom stereocenters. The number of hydrogen-bond acceptors (Lipinski definition) is 4. The van der Waals surface area contributed by atoms with Crippen molar-refractivity contribution in [3.63, 3.8) is 0 Å². The first-order valence-electron chi connectivity index (χ1n) is 9.06. The molecule has 2 heterocycles. The summed E-state index contributed by atoms with van der Waals surface area (Å²) in [4.78, 5) is 23.4. The minimum Gasteiger partial charge on any atom is -0.332 e. The highest BCUT2D eigenvalue weighted by Crippen LogP contribution is 2.28. The Morgan fingerprint density at radius 1 is 1.19 bits per heavy atom. The second-order valence-electron chi connectivity index (χ2n) is 6.96. The van der Waals surface area contributed by atoms with Gasteiger partial charge in [0.1, 0.15) is 0 Å². The van der Waals surface area contributed by atoms with Crippen molar-refractivity contribution >= 4 is 27.5 Å². The Bertz CT molecular complexity index is 776. The monoisotopic (exact) mass is 379 g/mol. The standard InChI is InChI=1S/C18H25N3O4S/c1-2-12-7-9-13(10-8-12)19-16(22)6-4-3-5-15-17-14(11-26(15,24)25)20-18(23)21-17/h7-10,14-15,17H,2-6,11H2,1H3,(H,19,22)(H2,20,21,23)/t14-,15+,17+/m0/s1. The third-order valence-corrected chi connectivity index (χ3v) is 7.39. The molecule has 3 rings (SSSR count). The molecule has 1 aromatic carbocycles. The smallest absolute Gasteiger partial charge is 0.315 e. The highest BCUT2D eigenvalue weighted by Gasteiger charge is 2.51. The first-order chi connectivity index (χ1) is 12.4. The molecule has 0 saturated carbocycles. The second-order valence-corrected chi connectivity index (χ2v) is 9.23. The molecule has 2 aliphatic heterocycles. The van der Waals surface area contributed by atoms with Crippen molar-refractivity contribution in [2.75, 3.05) is 11.1 Å². The summed E-state index contributed by atoms with van der Waals surface area (Å²) in [5, 5.41) is 7.65. The Kier molecular flexibility index (Phi) is 5.50. The zero-order valence-corrected chi connectivity index (χ0v) is 15.6. The number of unbranched alkanes of at least 4 members (excludes halogenated alkanes) is 1. The number of hydrogen-bond donors (Lipinski definition) is 3. The van der Waals surface area contributed by atoms with Crippen molar-refractivity contribution in [2.45, 2.75) is 56.4 Å². The lowest BCUT2D eigenvalue weighted by molar-refractivity contribution is -0.116. The SMILES string of the molecule is CCc1ccc(NC(=O)CCCC[C@@H]2[C@@H]3NC(=O)N[C@H]3CS2(=O)=O)cc1. The summed E-state index contributed by atoms with van der Waals surface area (Å²) >= 11 is 0. The number of rotatable bonds is 7. The summed E-state index contributed by atoms with van der Waals surface area (Å²) in [6.07, 6.45) is 3.01. The molecule has 142 valence electrons. The molecular weight excluding hydrogens is 354 g/mol. The number of fused-ring (bicyclic) bond motifs is 1. The van der Waals surface area contributed by atoms with Crippen LogP contribution in [-0.2, 0) is 21.1 Å². The Balaban J connectivity index is 1.43. The molecule has 2 aliphatic rings. The summed E-state index contributed by atoms with van der Waals surface area (Å²) in [7, 11) is -3.20. The number of carbonyl (C=O) groups is 2. The van der Waals surface area contributed by atoms with Gasteiger partial charge in [0.15, 0.2) is 9.84 Å². The van der Waals surface area contributed by atoms with Crippen LogP contribution in [0.5, 0.6) is 0 Å². The average molecular weight is 379 g/mol. The van der Waals surface area contributed by atoms with Crippen LogP contribution in [0.15, 0.2) is 24.3 Å². The molecule has 0 aromatic heterocycles. The van der Waals surface area contributed by atoms with Crippen LogP contribution < -0.4 is 16.0 Å². The van der Waals surface area contributed by atoms with E-state index < -0.39 is 15.1 Å². The fourth-order valence-electron chi connectivity index (χ4n) is 3.68. The Morgan fingerprint density at radius 2 is 1.92 bits per heavy atom. The predicted octanol–water partition coefficient (Wildman–Crippen LogP) is 1.59. The maximum absolute atomic E-state index is 12.2. The number of nitrogens with one attached hydrogen (secondary N) is 3. The average Bonchev–Trinajstić information content (AvgIpc) is 3.04. The van der Waals surface area contributed by atoms with Crippen molar-refractivity contribution in [3.8, 4) is 0 Å². The van der Waals surface area contributed by atoms with E-state index >= 15 is 0 Å². The van der Waals surface area contributed by atoms with Crippen LogP contribution in [0.25, 0.3) is 0 Å². The maximum Gasteiger partial charge on any atom is 0.315 e. The maximum atomic E-state index is 12.2. The summed E-state index contributed by atoms with van der Waals surface area (Å²) in [5.74, 6) is -0.0766. The van der Waals surface area contributed by atoms with Gasteiger partial charge in [0.05, 0.1) is 23.1 Å². The number of urea groups is 1. The van der Waals surface area contributed by atoms with E-state index in [1.54, 1.807) is 0 Å². The lowest BCUT2D eigenvalue weighted by Crippen LogP contribution is -2.39. The third kappa shape index (κ3) is 4.17. The Hall–Kier alpha value is -2.09. The van der Waals surface area contributed by atoms with Gasteiger partial charge in [0, 0.05) is 12.1 Å².